The van der Waals surface area contributed by atoms with Crippen LogP contribution in [-0.2, 0) is 6.42 Å². The summed E-state index contributed by atoms with van der Waals surface area (Å²) in [6, 6.07) is 1.58. The number of alkyl halides is 3. The third-order valence-corrected chi connectivity index (χ3v) is 3.30. The van der Waals surface area contributed by atoms with E-state index in [1.807, 2.05) is 0 Å². The van der Waals surface area contributed by atoms with Gasteiger partial charge in [0.25, 0.3) is 0 Å². The third-order valence-electron chi connectivity index (χ3n) is 2.32. The predicted molar refractivity (Wildman–Crippen MR) is 62.1 cm³/mol. The molecule has 2 heterocycles. The summed E-state index contributed by atoms with van der Waals surface area (Å²) in [6.45, 7) is 0. The fraction of sp³-hybridized carbons (Fsp3) is 0.273. The summed E-state index contributed by atoms with van der Waals surface area (Å²) in [5, 5.41) is 1.49. The van der Waals surface area contributed by atoms with E-state index in [-0.39, 0.29) is 5.01 Å². The molecule has 0 bridgehead atoms. The van der Waals surface area contributed by atoms with Gasteiger partial charge in [-0.3, -0.25) is 4.98 Å². The maximum atomic E-state index is 12.4. The number of thiazole rings is 1. The first-order valence-corrected chi connectivity index (χ1v) is 6.00. The largest absolute Gasteiger partial charge is 0.410 e. The number of hydrogen-bond donors (Lipinski definition) is 1. The molecule has 1 atom stereocenters. The molecule has 0 amide bonds. The van der Waals surface area contributed by atoms with Crippen molar-refractivity contribution >= 4 is 11.3 Å². The fourth-order valence-electron chi connectivity index (χ4n) is 1.40. The van der Waals surface area contributed by atoms with Crippen molar-refractivity contribution in [2.45, 2.75) is 18.6 Å². The Labute approximate surface area is 105 Å². The summed E-state index contributed by atoms with van der Waals surface area (Å²) in [5.41, 5.74) is 6.62. The van der Waals surface area contributed by atoms with Crippen molar-refractivity contribution in [2.75, 3.05) is 0 Å². The summed E-state index contributed by atoms with van der Waals surface area (Å²) in [4.78, 5) is 7.79. The third kappa shape index (κ3) is 3.05. The van der Waals surface area contributed by atoms with E-state index in [0.29, 0.717) is 12.1 Å². The van der Waals surface area contributed by atoms with E-state index in [2.05, 4.69) is 9.97 Å². The second kappa shape index (κ2) is 5.03. The molecular formula is C11H10F3N3S. The van der Waals surface area contributed by atoms with Gasteiger partial charge < -0.3 is 5.73 Å². The van der Waals surface area contributed by atoms with Gasteiger partial charge in [0.05, 0.1) is 5.69 Å². The number of aromatic nitrogens is 2. The first-order chi connectivity index (χ1) is 8.47. The highest BCUT2D eigenvalue weighted by Gasteiger charge is 2.39. The standard InChI is InChI=1S/C11H10F3N3S/c12-11(13,14)9(15)10-17-8(6-18-10)5-7-1-3-16-4-2-7/h1-4,6,9H,5,15H2. The maximum absolute atomic E-state index is 12.4. The van der Waals surface area contributed by atoms with Crippen LogP contribution in [0.4, 0.5) is 13.2 Å². The molecule has 0 fully saturated rings. The van der Waals surface area contributed by atoms with Gasteiger partial charge in [0.2, 0.25) is 0 Å². The summed E-state index contributed by atoms with van der Waals surface area (Å²) >= 11 is 0.932. The van der Waals surface area contributed by atoms with Crippen molar-refractivity contribution in [3.63, 3.8) is 0 Å². The zero-order valence-corrected chi connectivity index (χ0v) is 10.0. The minimum atomic E-state index is -4.45. The number of nitrogens with two attached hydrogens (primary N) is 1. The highest BCUT2D eigenvalue weighted by molar-refractivity contribution is 7.09. The minimum Gasteiger partial charge on any atom is -0.314 e. The maximum Gasteiger partial charge on any atom is 0.410 e. The molecule has 0 aliphatic rings. The SMILES string of the molecule is NC(c1nc(Cc2ccncc2)cs1)C(F)(F)F. The van der Waals surface area contributed by atoms with Crippen LogP contribution in [0, 0.1) is 0 Å². The molecule has 2 aromatic heterocycles. The number of nitrogens with zero attached hydrogens (tertiary/aromatic N) is 2. The van der Waals surface area contributed by atoms with Crippen molar-refractivity contribution in [1.29, 1.82) is 0 Å². The van der Waals surface area contributed by atoms with Gasteiger partial charge in [-0.2, -0.15) is 13.2 Å². The van der Waals surface area contributed by atoms with Gasteiger partial charge in [0.15, 0.2) is 6.04 Å². The summed E-state index contributed by atoms with van der Waals surface area (Å²) in [6.07, 6.45) is -0.719. The minimum absolute atomic E-state index is 0.105. The summed E-state index contributed by atoms with van der Waals surface area (Å²) in [7, 11) is 0. The molecule has 0 aliphatic heterocycles. The molecule has 0 aliphatic carbocycles. The van der Waals surface area contributed by atoms with Crippen LogP contribution in [0.15, 0.2) is 29.9 Å². The Kier molecular flexibility index (Phi) is 3.63. The Hall–Kier alpha value is -1.47. The smallest absolute Gasteiger partial charge is 0.314 e. The molecule has 0 spiro atoms. The van der Waals surface area contributed by atoms with E-state index in [0.717, 1.165) is 16.9 Å². The second-order valence-electron chi connectivity index (χ2n) is 3.73. The first kappa shape index (κ1) is 13.0. The molecule has 2 N–H and O–H groups in total. The Morgan fingerprint density at radius 2 is 1.94 bits per heavy atom. The lowest BCUT2D eigenvalue weighted by atomic mass is 10.2. The number of hydrogen-bond acceptors (Lipinski definition) is 4. The zero-order valence-electron chi connectivity index (χ0n) is 9.19. The quantitative estimate of drug-likeness (QED) is 0.935. The molecule has 0 saturated heterocycles. The molecule has 18 heavy (non-hydrogen) atoms. The van der Waals surface area contributed by atoms with Crippen molar-refractivity contribution in [2.24, 2.45) is 5.73 Å². The van der Waals surface area contributed by atoms with Gasteiger partial charge in [-0.05, 0) is 17.7 Å². The predicted octanol–water partition coefficient (Wildman–Crippen LogP) is 2.69. The molecule has 3 nitrogen and oxygen atoms in total. The molecule has 2 aromatic rings. The van der Waals surface area contributed by atoms with E-state index in [1.165, 1.54) is 0 Å². The van der Waals surface area contributed by atoms with Gasteiger partial charge >= 0.3 is 6.18 Å². The highest BCUT2D eigenvalue weighted by atomic mass is 32.1. The molecular weight excluding hydrogens is 263 g/mol. The average Bonchev–Trinajstić information content (AvgIpc) is 2.76. The monoisotopic (exact) mass is 273 g/mol. The van der Waals surface area contributed by atoms with Crippen LogP contribution in [0.25, 0.3) is 0 Å². The number of halogens is 3. The van der Waals surface area contributed by atoms with Gasteiger partial charge in [-0.1, -0.05) is 0 Å². The van der Waals surface area contributed by atoms with Crippen LogP contribution in [0.3, 0.4) is 0 Å². The van der Waals surface area contributed by atoms with Gasteiger partial charge in [-0.25, -0.2) is 4.98 Å². The van der Waals surface area contributed by atoms with Crippen molar-refractivity contribution in [3.05, 3.63) is 46.2 Å². The van der Waals surface area contributed by atoms with Crippen molar-refractivity contribution in [1.82, 2.24) is 9.97 Å². The van der Waals surface area contributed by atoms with E-state index >= 15 is 0 Å². The zero-order chi connectivity index (χ0) is 13.2. The lowest BCUT2D eigenvalue weighted by Gasteiger charge is -2.12. The Morgan fingerprint density at radius 1 is 1.28 bits per heavy atom. The van der Waals surface area contributed by atoms with E-state index < -0.39 is 12.2 Å². The van der Waals surface area contributed by atoms with E-state index in [4.69, 9.17) is 5.73 Å². The van der Waals surface area contributed by atoms with Gasteiger partial charge in [0, 0.05) is 24.2 Å². The van der Waals surface area contributed by atoms with Gasteiger partial charge in [0.1, 0.15) is 5.01 Å². The van der Waals surface area contributed by atoms with Crippen LogP contribution in [0.1, 0.15) is 22.3 Å². The molecule has 7 heteroatoms. The van der Waals surface area contributed by atoms with Crippen LogP contribution in [-0.4, -0.2) is 16.1 Å². The summed E-state index contributed by atoms with van der Waals surface area (Å²) < 4.78 is 37.2. The normalized spacial score (nSPS) is 13.6. The van der Waals surface area contributed by atoms with Crippen LogP contribution in [0.2, 0.25) is 0 Å². The Morgan fingerprint density at radius 3 is 2.56 bits per heavy atom. The molecule has 0 saturated carbocycles. The molecule has 0 radical (unpaired) electrons. The number of pyridine rings is 1. The van der Waals surface area contributed by atoms with E-state index in [9.17, 15) is 13.2 Å². The Bertz CT molecular complexity index is 510. The van der Waals surface area contributed by atoms with E-state index in [1.54, 1.807) is 29.9 Å². The average molecular weight is 273 g/mol. The van der Waals surface area contributed by atoms with Crippen molar-refractivity contribution < 1.29 is 13.2 Å². The van der Waals surface area contributed by atoms with Gasteiger partial charge in [-0.15, -0.1) is 11.3 Å². The lowest BCUT2D eigenvalue weighted by molar-refractivity contribution is -0.149. The molecule has 2 rings (SSSR count). The molecule has 1 unspecified atom stereocenters. The molecule has 96 valence electrons. The fourth-order valence-corrected chi connectivity index (χ4v) is 2.24. The van der Waals surface area contributed by atoms with Crippen LogP contribution >= 0.6 is 11.3 Å². The summed E-state index contributed by atoms with van der Waals surface area (Å²) in [5.74, 6) is 0. The second-order valence-corrected chi connectivity index (χ2v) is 4.62. The Balaban J connectivity index is 2.12. The number of rotatable bonds is 3. The topological polar surface area (TPSA) is 51.8 Å². The van der Waals surface area contributed by atoms with Crippen LogP contribution < -0.4 is 5.73 Å². The van der Waals surface area contributed by atoms with Crippen molar-refractivity contribution in [3.8, 4) is 0 Å². The van der Waals surface area contributed by atoms with Crippen LogP contribution in [0.5, 0.6) is 0 Å². The first-order valence-electron chi connectivity index (χ1n) is 5.12. The lowest BCUT2D eigenvalue weighted by Crippen LogP contribution is -2.28. The molecule has 0 aromatic carbocycles. The highest BCUT2D eigenvalue weighted by Crippen LogP contribution is 2.32.